The van der Waals surface area contributed by atoms with Crippen LogP contribution < -0.4 is 0 Å². The van der Waals surface area contributed by atoms with Gasteiger partial charge in [0, 0.05) is 16.1 Å². The Morgan fingerprint density at radius 3 is 2.71 bits per heavy atom. The fourth-order valence-corrected chi connectivity index (χ4v) is 2.51. The first-order valence-electron chi connectivity index (χ1n) is 6.79. The van der Waals surface area contributed by atoms with Gasteiger partial charge in [0.2, 0.25) is 0 Å². The summed E-state index contributed by atoms with van der Waals surface area (Å²) in [4.78, 5) is 4.64. The number of nitrogens with zero attached hydrogens (tertiary/aromatic N) is 2. The molecule has 0 N–H and O–H groups in total. The summed E-state index contributed by atoms with van der Waals surface area (Å²) in [6.45, 7) is 0. The Morgan fingerprint density at radius 2 is 1.86 bits per heavy atom. The molecule has 0 spiro atoms. The summed E-state index contributed by atoms with van der Waals surface area (Å²) in [6.07, 6.45) is 1.71. The summed E-state index contributed by atoms with van der Waals surface area (Å²) in [7, 11) is 0. The van der Waals surface area contributed by atoms with Crippen molar-refractivity contribution in [3.63, 3.8) is 0 Å². The van der Waals surface area contributed by atoms with Gasteiger partial charge in [0.25, 0.3) is 0 Å². The average Bonchev–Trinajstić information content (AvgIpc) is 2.52. The van der Waals surface area contributed by atoms with Crippen LogP contribution >= 0.6 is 11.6 Å². The quantitative estimate of drug-likeness (QED) is 0.710. The maximum Gasteiger partial charge on any atom is 0.0991 e. The van der Waals surface area contributed by atoms with Crippen LogP contribution in [0.15, 0.2) is 54.6 Å². The van der Waals surface area contributed by atoms with Gasteiger partial charge in [-0.05, 0) is 48.7 Å². The van der Waals surface area contributed by atoms with Crippen molar-refractivity contribution in [2.75, 3.05) is 0 Å². The molecule has 102 valence electrons. The number of aromatic nitrogens is 1. The van der Waals surface area contributed by atoms with Crippen molar-refractivity contribution < 1.29 is 0 Å². The largest absolute Gasteiger partial charge is 0.253 e. The zero-order valence-corrected chi connectivity index (χ0v) is 12.1. The molecule has 0 amide bonds. The fourth-order valence-electron chi connectivity index (χ4n) is 2.34. The molecule has 0 saturated carbocycles. The smallest absolute Gasteiger partial charge is 0.0991 e. The van der Waals surface area contributed by atoms with E-state index in [2.05, 4.69) is 17.1 Å². The number of halogens is 1. The molecule has 3 rings (SSSR count). The van der Waals surface area contributed by atoms with E-state index < -0.39 is 0 Å². The zero-order chi connectivity index (χ0) is 14.7. The van der Waals surface area contributed by atoms with Crippen molar-refractivity contribution in [3.05, 3.63) is 76.4 Å². The summed E-state index contributed by atoms with van der Waals surface area (Å²) in [5.41, 5.74) is 3.81. The lowest BCUT2D eigenvalue weighted by Gasteiger charge is -2.04. The minimum atomic E-state index is 0.700. The van der Waals surface area contributed by atoms with Gasteiger partial charge in [0.1, 0.15) is 0 Å². The fraction of sp³-hybridized carbons (Fsp3) is 0.111. The first-order valence-corrected chi connectivity index (χ1v) is 7.16. The Labute approximate surface area is 128 Å². The normalized spacial score (nSPS) is 10.5. The van der Waals surface area contributed by atoms with Gasteiger partial charge in [0.05, 0.1) is 17.1 Å². The van der Waals surface area contributed by atoms with Crippen LogP contribution in [0.4, 0.5) is 0 Å². The highest BCUT2D eigenvalue weighted by atomic mass is 35.5. The van der Waals surface area contributed by atoms with E-state index in [-0.39, 0.29) is 0 Å². The molecular weight excluding hydrogens is 280 g/mol. The van der Waals surface area contributed by atoms with E-state index in [1.807, 2.05) is 48.5 Å². The van der Waals surface area contributed by atoms with Gasteiger partial charge in [-0.2, -0.15) is 5.26 Å². The van der Waals surface area contributed by atoms with Gasteiger partial charge in [-0.3, -0.25) is 4.98 Å². The van der Waals surface area contributed by atoms with Crippen LogP contribution in [-0.4, -0.2) is 4.98 Å². The van der Waals surface area contributed by atoms with E-state index >= 15 is 0 Å². The second kappa shape index (κ2) is 5.95. The number of hydrogen-bond acceptors (Lipinski definition) is 2. The molecule has 0 fully saturated rings. The molecule has 0 bridgehead atoms. The standard InChI is InChI=1S/C18H13ClN2/c19-16-7-5-15-6-9-17(21-18(15)11-16)8-4-13-2-1-3-14(10-13)12-20/h1-3,5-7,9-11H,4,8H2. The number of hydrogen-bond donors (Lipinski definition) is 0. The maximum absolute atomic E-state index is 8.92. The molecular formula is C18H13ClN2. The first-order chi connectivity index (χ1) is 10.2. The molecule has 2 aromatic carbocycles. The molecule has 0 aliphatic carbocycles. The number of rotatable bonds is 3. The van der Waals surface area contributed by atoms with Crippen molar-refractivity contribution >= 4 is 22.5 Å². The van der Waals surface area contributed by atoms with E-state index in [0.717, 1.165) is 35.0 Å². The van der Waals surface area contributed by atoms with Crippen LogP contribution in [0.3, 0.4) is 0 Å². The van der Waals surface area contributed by atoms with Gasteiger partial charge < -0.3 is 0 Å². The monoisotopic (exact) mass is 292 g/mol. The number of fused-ring (bicyclic) bond motifs is 1. The van der Waals surface area contributed by atoms with Crippen LogP contribution in [-0.2, 0) is 12.8 Å². The van der Waals surface area contributed by atoms with Gasteiger partial charge >= 0.3 is 0 Å². The third-order valence-electron chi connectivity index (χ3n) is 3.44. The Balaban J connectivity index is 1.80. The topological polar surface area (TPSA) is 36.7 Å². The van der Waals surface area contributed by atoms with Gasteiger partial charge in [-0.25, -0.2) is 0 Å². The van der Waals surface area contributed by atoms with Crippen LogP contribution in [0.2, 0.25) is 5.02 Å². The molecule has 0 atom stereocenters. The Morgan fingerprint density at radius 1 is 1.00 bits per heavy atom. The number of pyridine rings is 1. The highest BCUT2D eigenvalue weighted by molar-refractivity contribution is 6.31. The van der Waals surface area contributed by atoms with E-state index in [1.54, 1.807) is 0 Å². The SMILES string of the molecule is N#Cc1cccc(CCc2ccc3ccc(Cl)cc3n2)c1. The molecule has 2 nitrogen and oxygen atoms in total. The summed E-state index contributed by atoms with van der Waals surface area (Å²) in [5, 5.41) is 10.7. The lowest BCUT2D eigenvalue weighted by Crippen LogP contribution is -1.95. The molecule has 3 heteroatoms. The van der Waals surface area contributed by atoms with Crippen molar-refractivity contribution in [2.24, 2.45) is 0 Å². The van der Waals surface area contributed by atoms with Gasteiger partial charge in [0.15, 0.2) is 0 Å². The summed E-state index contributed by atoms with van der Waals surface area (Å²) >= 11 is 6.01. The van der Waals surface area contributed by atoms with E-state index in [0.29, 0.717) is 10.6 Å². The second-order valence-corrected chi connectivity index (χ2v) is 5.39. The van der Waals surface area contributed by atoms with Crippen LogP contribution in [0.25, 0.3) is 10.9 Å². The summed E-state index contributed by atoms with van der Waals surface area (Å²) < 4.78 is 0. The lowest BCUT2D eigenvalue weighted by atomic mass is 10.0. The highest BCUT2D eigenvalue weighted by Crippen LogP contribution is 2.18. The molecule has 21 heavy (non-hydrogen) atoms. The highest BCUT2D eigenvalue weighted by Gasteiger charge is 2.01. The molecule has 0 saturated heterocycles. The van der Waals surface area contributed by atoms with Crippen molar-refractivity contribution in [1.29, 1.82) is 5.26 Å². The zero-order valence-electron chi connectivity index (χ0n) is 11.4. The molecule has 0 aliphatic heterocycles. The molecule has 1 aromatic heterocycles. The lowest BCUT2D eigenvalue weighted by molar-refractivity contribution is 0.922. The predicted molar refractivity (Wildman–Crippen MR) is 85.3 cm³/mol. The third kappa shape index (κ3) is 3.21. The first kappa shape index (κ1) is 13.6. The minimum absolute atomic E-state index is 0.700. The maximum atomic E-state index is 8.92. The molecule has 3 aromatic rings. The van der Waals surface area contributed by atoms with Crippen LogP contribution in [0, 0.1) is 11.3 Å². The van der Waals surface area contributed by atoms with E-state index in [4.69, 9.17) is 16.9 Å². The van der Waals surface area contributed by atoms with E-state index in [9.17, 15) is 0 Å². The summed E-state index contributed by atoms with van der Waals surface area (Å²) in [5.74, 6) is 0. The van der Waals surface area contributed by atoms with Crippen LogP contribution in [0.5, 0.6) is 0 Å². The molecule has 0 unspecified atom stereocenters. The Bertz CT molecular complexity index is 834. The molecule has 0 radical (unpaired) electrons. The molecule has 0 aliphatic rings. The average molecular weight is 293 g/mol. The second-order valence-electron chi connectivity index (χ2n) is 4.95. The third-order valence-corrected chi connectivity index (χ3v) is 3.67. The molecule has 1 heterocycles. The van der Waals surface area contributed by atoms with Crippen molar-refractivity contribution in [1.82, 2.24) is 4.98 Å². The van der Waals surface area contributed by atoms with Crippen LogP contribution in [0.1, 0.15) is 16.8 Å². The number of aryl methyl sites for hydroxylation is 2. The van der Waals surface area contributed by atoms with Crippen molar-refractivity contribution in [2.45, 2.75) is 12.8 Å². The minimum Gasteiger partial charge on any atom is -0.253 e. The van der Waals surface area contributed by atoms with E-state index in [1.165, 1.54) is 0 Å². The number of benzene rings is 2. The number of nitriles is 1. The van der Waals surface area contributed by atoms with Gasteiger partial charge in [-0.1, -0.05) is 35.9 Å². The van der Waals surface area contributed by atoms with Gasteiger partial charge in [-0.15, -0.1) is 0 Å². The summed E-state index contributed by atoms with van der Waals surface area (Å²) in [6, 6.07) is 19.7. The van der Waals surface area contributed by atoms with Crippen molar-refractivity contribution in [3.8, 4) is 6.07 Å². The predicted octanol–water partition coefficient (Wildman–Crippen LogP) is 4.55. The Hall–Kier alpha value is -2.37. The Kier molecular flexibility index (Phi) is 3.85.